The van der Waals surface area contributed by atoms with E-state index >= 15 is 0 Å². The smallest absolute Gasteiger partial charge is 0.381 e. The fourth-order valence-electron chi connectivity index (χ4n) is 4.19. The lowest BCUT2D eigenvalue weighted by molar-refractivity contribution is -0.139. The zero-order valence-corrected chi connectivity index (χ0v) is 16.1. The van der Waals surface area contributed by atoms with Crippen LogP contribution in [-0.2, 0) is 16.0 Å². The molecule has 0 saturated carbocycles. The number of benzene rings is 2. The minimum atomic E-state index is -4.74. The molecule has 2 aliphatic rings. The van der Waals surface area contributed by atoms with E-state index in [1.807, 2.05) is 0 Å². The standard InChI is InChI=1S/C20H21F3N2O2S/c1-25-10-8-14-15-12-13(6-7-17(15)24-18(14)9-11-25)28(26,27)19-5-3-2-4-16(19)20(21,22)23/h2-7,12,14,18,24H,8-11H2,1H3/t14-,18?/m0/s1. The van der Waals surface area contributed by atoms with Crippen LogP contribution in [0.4, 0.5) is 18.9 Å². The van der Waals surface area contributed by atoms with Crippen molar-refractivity contribution in [2.75, 3.05) is 25.5 Å². The largest absolute Gasteiger partial charge is 0.417 e. The van der Waals surface area contributed by atoms with Gasteiger partial charge in [0, 0.05) is 17.6 Å². The SMILES string of the molecule is CN1CCC2Nc3ccc(S(=O)(=O)c4ccccc4C(F)(F)F)cc3[C@@H]2CC1. The quantitative estimate of drug-likeness (QED) is 0.809. The van der Waals surface area contributed by atoms with Crippen LogP contribution in [0.2, 0.25) is 0 Å². The first-order valence-corrected chi connectivity index (χ1v) is 10.7. The number of likely N-dealkylation sites (tertiary alicyclic amines) is 1. The van der Waals surface area contributed by atoms with Crippen LogP contribution in [0.5, 0.6) is 0 Å². The van der Waals surface area contributed by atoms with Crippen molar-refractivity contribution in [3.8, 4) is 0 Å². The van der Waals surface area contributed by atoms with Gasteiger partial charge in [-0.2, -0.15) is 13.2 Å². The molecule has 2 aromatic rings. The Hall–Kier alpha value is -2.06. The van der Waals surface area contributed by atoms with Gasteiger partial charge in [0.1, 0.15) is 0 Å². The van der Waals surface area contributed by atoms with Gasteiger partial charge in [0.05, 0.1) is 15.4 Å². The van der Waals surface area contributed by atoms with Gasteiger partial charge in [-0.1, -0.05) is 12.1 Å². The molecule has 1 unspecified atom stereocenters. The lowest BCUT2D eigenvalue weighted by Gasteiger charge is -2.16. The molecule has 0 radical (unpaired) electrons. The van der Waals surface area contributed by atoms with Crippen molar-refractivity contribution in [2.24, 2.45) is 0 Å². The van der Waals surface area contributed by atoms with Gasteiger partial charge in [-0.15, -0.1) is 0 Å². The number of halogens is 3. The molecular formula is C20H21F3N2O2S. The highest BCUT2D eigenvalue weighted by Gasteiger charge is 2.39. The van der Waals surface area contributed by atoms with Crippen molar-refractivity contribution in [2.45, 2.75) is 40.8 Å². The first kappa shape index (κ1) is 19.3. The third-order valence-electron chi connectivity index (χ3n) is 5.69. The Bertz CT molecular complexity index is 1000. The van der Waals surface area contributed by atoms with Crippen molar-refractivity contribution in [3.05, 3.63) is 53.6 Å². The van der Waals surface area contributed by atoms with Crippen LogP contribution in [0, 0.1) is 0 Å². The van der Waals surface area contributed by atoms with Gasteiger partial charge < -0.3 is 10.2 Å². The summed E-state index contributed by atoms with van der Waals surface area (Å²) in [5.41, 5.74) is 0.621. The number of alkyl halides is 3. The summed E-state index contributed by atoms with van der Waals surface area (Å²) in [7, 11) is -2.24. The van der Waals surface area contributed by atoms with Crippen molar-refractivity contribution in [1.29, 1.82) is 0 Å². The lowest BCUT2D eigenvalue weighted by atomic mass is 9.91. The summed E-state index contributed by atoms with van der Waals surface area (Å²) in [6.45, 7) is 1.85. The zero-order chi connectivity index (χ0) is 20.1. The van der Waals surface area contributed by atoms with E-state index in [9.17, 15) is 21.6 Å². The molecule has 2 aliphatic heterocycles. The first-order chi connectivity index (χ1) is 13.2. The number of sulfone groups is 1. The number of hydrogen-bond donors (Lipinski definition) is 1. The Morgan fingerprint density at radius 3 is 2.54 bits per heavy atom. The van der Waals surface area contributed by atoms with E-state index in [4.69, 9.17) is 0 Å². The zero-order valence-electron chi connectivity index (χ0n) is 15.3. The summed E-state index contributed by atoms with van der Waals surface area (Å²) >= 11 is 0. The third-order valence-corrected chi connectivity index (χ3v) is 7.49. The molecule has 2 aromatic carbocycles. The van der Waals surface area contributed by atoms with Crippen LogP contribution in [0.25, 0.3) is 0 Å². The maximum atomic E-state index is 13.3. The molecule has 8 heteroatoms. The summed E-state index contributed by atoms with van der Waals surface area (Å²) in [4.78, 5) is 1.44. The van der Waals surface area contributed by atoms with Gasteiger partial charge in [0.2, 0.25) is 9.84 Å². The third kappa shape index (κ3) is 3.28. The van der Waals surface area contributed by atoms with Crippen LogP contribution in [-0.4, -0.2) is 39.5 Å². The Balaban J connectivity index is 1.76. The van der Waals surface area contributed by atoms with Crippen LogP contribution in [0.1, 0.15) is 29.9 Å². The second-order valence-electron chi connectivity index (χ2n) is 7.48. The molecule has 4 rings (SSSR count). The number of nitrogens with zero attached hydrogens (tertiary/aromatic N) is 1. The minimum absolute atomic E-state index is 0.0944. The number of nitrogens with one attached hydrogen (secondary N) is 1. The number of hydrogen-bond acceptors (Lipinski definition) is 4. The lowest BCUT2D eigenvalue weighted by Crippen LogP contribution is -2.22. The first-order valence-electron chi connectivity index (χ1n) is 9.18. The van der Waals surface area contributed by atoms with Crippen molar-refractivity contribution >= 4 is 15.5 Å². The predicted octanol–water partition coefficient (Wildman–Crippen LogP) is 4.14. The molecule has 0 amide bonds. The normalized spacial score (nSPS) is 22.9. The second kappa shape index (κ2) is 6.77. The summed E-state index contributed by atoms with van der Waals surface area (Å²) in [5.74, 6) is 0.160. The van der Waals surface area contributed by atoms with Gasteiger partial charge in [-0.25, -0.2) is 8.42 Å². The number of fused-ring (bicyclic) bond motifs is 3. The highest BCUT2D eigenvalue weighted by Crippen LogP contribution is 2.43. The van der Waals surface area contributed by atoms with Gasteiger partial charge in [0.15, 0.2) is 0 Å². The summed E-state index contributed by atoms with van der Waals surface area (Å²) in [6.07, 6.45) is -2.92. The van der Waals surface area contributed by atoms with Crippen molar-refractivity contribution in [3.63, 3.8) is 0 Å². The molecule has 4 nitrogen and oxygen atoms in total. The van der Waals surface area contributed by atoms with Crippen LogP contribution in [0.15, 0.2) is 52.3 Å². The predicted molar refractivity (Wildman–Crippen MR) is 100 cm³/mol. The van der Waals surface area contributed by atoms with E-state index in [1.165, 1.54) is 18.2 Å². The monoisotopic (exact) mass is 410 g/mol. The minimum Gasteiger partial charge on any atom is -0.381 e. The van der Waals surface area contributed by atoms with Crippen LogP contribution < -0.4 is 5.32 Å². The second-order valence-corrected chi connectivity index (χ2v) is 9.40. The topological polar surface area (TPSA) is 49.4 Å². The summed E-state index contributed by atoms with van der Waals surface area (Å²) in [6, 6.07) is 9.19. The Morgan fingerprint density at radius 1 is 1.07 bits per heavy atom. The van der Waals surface area contributed by atoms with Crippen molar-refractivity contribution < 1.29 is 21.6 Å². The van der Waals surface area contributed by atoms with E-state index in [0.29, 0.717) is 0 Å². The maximum Gasteiger partial charge on any atom is 0.417 e. The Labute approximate surface area is 162 Å². The van der Waals surface area contributed by atoms with Crippen LogP contribution >= 0.6 is 0 Å². The molecule has 0 aromatic heterocycles. The number of anilines is 1. The van der Waals surface area contributed by atoms with E-state index in [0.717, 1.165) is 49.3 Å². The molecule has 2 atom stereocenters. The Kier molecular flexibility index (Phi) is 4.66. The molecule has 0 aliphatic carbocycles. The highest BCUT2D eigenvalue weighted by atomic mass is 32.2. The Morgan fingerprint density at radius 2 is 1.79 bits per heavy atom. The fourth-order valence-corrected chi connectivity index (χ4v) is 5.70. The van der Waals surface area contributed by atoms with E-state index < -0.39 is 26.5 Å². The molecule has 150 valence electrons. The molecule has 28 heavy (non-hydrogen) atoms. The van der Waals surface area contributed by atoms with Crippen molar-refractivity contribution in [1.82, 2.24) is 4.90 Å². The molecule has 1 saturated heterocycles. The molecule has 1 N–H and O–H groups in total. The summed E-state index contributed by atoms with van der Waals surface area (Å²) in [5, 5.41) is 3.45. The van der Waals surface area contributed by atoms with Crippen LogP contribution in [0.3, 0.4) is 0 Å². The van der Waals surface area contributed by atoms with E-state index in [-0.39, 0.29) is 16.9 Å². The average molecular weight is 410 g/mol. The molecule has 0 spiro atoms. The number of rotatable bonds is 2. The highest BCUT2D eigenvalue weighted by molar-refractivity contribution is 7.91. The average Bonchev–Trinajstić information content (AvgIpc) is 2.90. The maximum absolute atomic E-state index is 13.3. The van der Waals surface area contributed by atoms with Gasteiger partial charge in [-0.3, -0.25) is 0 Å². The molecule has 1 fully saturated rings. The molecule has 0 bridgehead atoms. The fraction of sp³-hybridized carbons (Fsp3) is 0.400. The van der Waals surface area contributed by atoms with Gasteiger partial charge in [0.25, 0.3) is 0 Å². The summed E-state index contributed by atoms with van der Waals surface area (Å²) < 4.78 is 66.1. The van der Waals surface area contributed by atoms with E-state index in [2.05, 4.69) is 17.3 Å². The molecular weight excluding hydrogens is 389 g/mol. The van der Waals surface area contributed by atoms with Gasteiger partial charge in [-0.05, 0) is 68.9 Å². The molecule has 2 heterocycles. The van der Waals surface area contributed by atoms with E-state index in [1.54, 1.807) is 12.1 Å². The van der Waals surface area contributed by atoms with Gasteiger partial charge >= 0.3 is 6.18 Å².